The highest BCUT2D eigenvalue weighted by molar-refractivity contribution is 5.71. The van der Waals surface area contributed by atoms with Gasteiger partial charge in [-0.1, -0.05) is 0 Å². The third-order valence-corrected chi connectivity index (χ3v) is 3.68. The quantitative estimate of drug-likeness (QED) is 0.291. The Hall–Kier alpha value is -2.07. The summed E-state index contributed by atoms with van der Waals surface area (Å²) in [5.74, 6) is -0.585. The van der Waals surface area contributed by atoms with Gasteiger partial charge in [-0.2, -0.15) is 0 Å². The minimum Gasteiger partial charge on any atom is -0.450 e. The SMILES string of the molecule is CCOC(=O)N[C@@H]1CC[C@@H](COCOC)N(C(=O)OCC)[C@H]1OC(C)=O. The van der Waals surface area contributed by atoms with Crippen LogP contribution in [0.25, 0.3) is 0 Å². The first-order valence-corrected chi connectivity index (χ1v) is 8.56. The first kappa shape index (κ1) is 22.0. The molecule has 0 radical (unpaired) electrons. The van der Waals surface area contributed by atoms with Gasteiger partial charge in [0.05, 0.1) is 31.9 Å². The lowest BCUT2D eigenvalue weighted by molar-refractivity contribution is -0.167. The molecule has 2 amide bonds. The van der Waals surface area contributed by atoms with Crippen LogP contribution >= 0.6 is 0 Å². The molecular weight excluding hydrogens is 348 g/mol. The predicted octanol–water partition coefficient (Wildman–Crippen LogP) is 1.23. The average Bonchev–Trinajstić information content (AvgIpc) is 2.57. The Balaban J connectivity index is 3.00. The number of rotatable bonds is 8. The molecule has 1 saturated heterocycles. The van der Waals surface area contributed by atoms with E-state index in [4.69, 9.17) is 23.7 Å². The lowest BCUT2D eigenvalue weighted by Crippen LogP contribution is -2.63. The monoisotopic (exact) mass is 376 g/mol. The Kier molecular flexibility index (Phi) is 9.74. The number of likely N-dealkylation sites (tertiary alicyclic amines) is 1. The molecule has 1 aliphatic rings. The van der Waals surface area contributed by atoms with Gasteiger partial charge < -0.3 is 29.0 Å². The van der Waals surface area contributed by atoms with E-state index in [2.05, 4.69) is 5.32 Å². The van der Waals surface area contributed by atoms with Crippen molar-refractivity contribution in [1.29, 1.82) is 0 Å². The minimum absolute atomic E-state index is 0.0654. The van der Waals surface area contributed by atoms with Gasteiger partial charge in [-0.25, -0.2) is 9.59 Å². The molecule has 1 heterocycles. The molecule has 0 aliphatic carbocycles. The second kappa shape index (κ2) is 11.5. The molecule has 1 N–H and O–H groups in total. The molecule has 3 atom stereocenters. The van der Waals surface area contributed by atoms with Gasteiger partial charge in [0.2, 0.25) is 6.23 Å². The summed E-state index contributed by atoms with van der Waals surface area (Å²) in [5.41, 5.74) is 0. The van der Waals surface area contributed by atoms with Crippen LogP contribution in [-0.2, 0) is 28.5 Å². The molecule has 150 valence electrons. The van der Waals surface area contributed by atoms with Crippen molar-refractivity contribution in [2.45, 2.75) is 51.9 Å². The summed E-state index contributed by atoms with van der Waals surface area (Å²) in [6, 6.07) is -1.02. The van der Waals surface area contributed by atoms with Crippen LogP contribution in [0.5, 0.6) is 0 Å². The van der Waals surface area contributed by atoms with Crippen LogP contribution in [0.4, 0.5) is 9.59 Å². The molecule has 0 bridgehead atoms. The van der Waals surface area contributed by atoms with Crippen molar-refractivity contribution in [3.63, 3.8) is 0 Å². The number of ether oxygens (including phenoxy) is 5. The van der Waals surface area contributed by atoms with E-state index >= 15 is 0 Å². The largest absolute Gasteiger partial charge is 0.450 e. The van der Waals surface area contributed by atoms with Crippen LogP contribution < -0.4 is 5.32 Å². The fraction of sp³-hybridized carbons (Fsp3) is 0.812. The number of esters is 1. The molecule has 10 heteroatoms. The highest BCUT2D eigenvalue weighted by Gasteiger charge is 2.44. The number of nitrogens with zero attached hydrogens (tertiary/aromatic N) is 1. The van der Waals surface area contributed by atoms with Gasteiger partial charge in [0, 0.05) is 14.0 Å². The van der Waals surface area contributed by atoms with Gasteiger partial charge in [0.15, 0.2) is 0 Å². The standard InChI is InChI=1S/C16H28N2O8/c1-5-24-15(20)17-13-8-7-12(9-23-10-22-4)18(16(21)25-6-2)14(13)26-11(3)19/h12-14H,5-10H2,1-4H3,(H,17,20)/t12-,13+,14-/m0/s1. The van der Waals surface area contributed by atoms with Gasteiger partial charge in [-0.15, -0.1) is 0 Å². The van der Waals surface area contributed by atoms with Gasteiger partial charge in [-0.3, -0.25) is 9.69 Å². The molecule has 0 aromatic carbocycles. The van der Waals surface area contributed by atoms with Gasteiger partial charge in [0.25, 0.3) is 0 Å². The third-order valence-electron chi connectivity index (χ3n) is 3.68. The lowest BCUT2D eigenvalue weighted by atomic mass is 9.97. The summed E-state index contributed by atoms with van der Waals surface area (Å²) in [6.07, 6.45) is -1.35. The summed E-state index contributed by atoms with van der Waals surface area (Å²) >= 11 is 0. The second-order valence-electron chi connectivity index (χ2n) is 5.59. The fourth-order valence-electron chi connectivity index (χ4n) is 2.71. The average molecular weight is 376 g/mol. The number of nitrogens with one attached hydrogen (secondary N) is 1. The van der Waals surface area contributed by atoms with Crippen molar-refractivity contribution >= 4 is 18.2 Å². The first-order chi connectivity index (χ1) is 12.4. The Morgan fingerprint density at radius 3 is 2.38 bits per heavy atom. The number of carbonyl (C=O) groups excluding carboxylic acids is 3. The number of amides is 2. The fourth-order valence-corrected chi connectivity index (χ4v) is 2.71. The molecule has 1 aliphatic heterocycles. The van der Waals surface area contributed by atoms with E-state index in [1.807, 2.05) is 0 Å². The van der Waals surface area contributed by atoms with E-state index in [1.165, 1.54) is 18.9 Å². The molecule has 1 fully saturated rings. The lowest BCUT2D eigenvalue weighted by Gasteiger charge is -2.44. The summed E-state index contributed by atoms with van der Waals surface area (Å²) in [5, 5.41) is 2.64. The highest BCUT2D eigenvalue weighted by atomic mass is 16.7. The van der Waals surface area contributed by atoms with Crippen molar-refractivity contribution in [1.82, 2.24) is 10.2 Å². The number of alkyl carbamates (subject to hydrolysis) is 1. The van der Waals surface area contributed by atoms with E-state index in [0.717, 1.165) is 0 Å². The number of hydrogen-bond donors (Lipinski definition) is 1. The summed E-state index contributed by atoms with van der Waals surface area (Å²) in [4.78, 5) is 37.1. The zero-order chi connectivity index (χ0) is 19.5. The van der Waals surface area contributed by atoms with Gasteiger partial charge >= 0.3 is 18.2 Å². The van der Waals surface area contributed by atoms with Crippen molar-refractivity contribution in [2.75, 3.05) is 33.7 Å². The zero-order valence-electron chi connectivity index (χ0n) is 15.7. The number of hydrogen-bond acceptors (Lipinski definition) is 8. The molecule has 1 rings (SSSR count). The van der Waals surface area contributed by atoms with Crippen LogP contribution in [0.2, 0.25) is 0 Å². The van der Waals surface area contributed by atoms with Gasteiger partial charge in [-0.05, 0) is 26.7 Å². The molecule has 10 nitrogen and oxygen atoms in total. The number of piperidine rings is 1. The summed E-state index contributed by atoms with van der Waals surface area (Å²) in [6.45, 7) is 5.18. The molecule has 26 heavy (non-hydrogen) atoms. The normalized spacial score (nSPS) is 22.5. The van der Waals surface area contributed by atoms with Crippen molar-refractivity contribution in [2.24, 2.45) is 0 Å². The van der Waals surface area contributed by atoms with Crippen LogP contribution in [-0.4, -0.2) is 75.1 Å². The Morgan fingerprint density at radius 1 is 1.12 bits per heavy atom. The summed E-state index contributed by atoms with van der Waals surface area (Å²) < 4.78 is 25.5. The van der Waals surface area contributed by atoms with Crippen LogP contribution in [0.15, 0.2) is 0 Å². The first-order valence-electron chi connectivity index (χ1n) is 8.56. The number of carbonyl (C=O) groups is 3. The van der Waals surface area contributed by atoms with Crippen molar-refractivity contribution in [3.8, 4) is 0 Å². The number of methoxy groups -OCH3 is 1. The molecule has 0 aromatic rings. The molecule has 0 aromatic heterocycles. The third kappa shape index (κ3) is 6.68. The summed E-state index contributed by atoms with van der Waals surface area (Å²) in [7, 11) is 1.49. The highest BCUT2D eigenvalue weighted by Crippen LogP contribution is 2.26. The molecular formula is C16H28N2O8. The molecule has 0 spiro atoms. The maximum absolute atomic E-state index is 12.5. The predicted molar refractivity (Wildman–Crippen MR) is 89.2 cm³/mol. The van der Waals surface area contributed by atoms with E-state index in [1.54, 1.807) is 13.8 Å². The topological polar surface area (TPSA) is 113 Å². The van der Waals surface area contributed by atoms with Crippen molar-refractivity contribution < 1.29 is 38.1 Å². The van der Waals surface area contributed by atoms with Crippen LogP contribution in [0, 0.1) is 0 Å². The Bertz CT molecular complexity index is 473. The van der Waals surface area contributed by atoms with E-state index in [-0.39, 0.29) is 26.6 Å². The molecule has 0 unspecified atom stereocenters. The second-order valence-corrected chi connectivity index (χ2v) is 5.59. The van der Waals surface area contributed by atoms with Crippen molar-refractivity contribution in [3.05, 3.63) is 0 Å². The van der Waals surface area contributed by atoms with Crippen LogP contribution in [0.1, 0.15) is 33.6 Å². The van der Waals surface area contributed by atoms with E-state index < -0.39 is 36.5 Å². The Morgan fingerprint density at radius 2 is 1.81 bits per heavy atom. The zero-order valence-corrected chi connectivity index (χ0v) is 15.7. The van der Waals surface area contributed by atoms with E-state index in [0.29, 0.717) is 12.8 Å². The molecule has 0 saturated carbocycles. The van der Waals surface area contributed by atoms with Gasteiger partial charge in [0.1, 0.15) is 6.79 Å². The maximum atomic E-state index is 12.5. The van der Waals surface area contributed by atoms with E-state index in [9.17, 15) is 14.4 Å². The Labute approximate surface area is 153 Å². The minimum atomic E-state index is -1.03. The van der Waals surface area contributed by atoms with Crippen LogP contribution in [0.3, 0.4) is 0 Å². The smallest absolute Gasteiger partial charge is 0.413 e. The maximum Gasteiger partial charge on any atom is 0.413 e.